The van der Waals surface area contributed by atoms with Gasteiger partial charge in [0.25, 0.3) is 0 Å². The number of aldehydes is 1. The molecule has 14 heteroatoms. The maximum absolute atomic E-state index is 12.9. The third kappa shape index (κ3) is 12.0. The molecule has 1 N–H and O–H groups in total. The average Bonchev–Trinajstić information content (AvgIpc) is 3.85. The Morgan fingerprint density at radius 1 is 0.825 bits per heavy atom. The number of pyridine rings is 3. The highest BCUT2D eigenvalue weighted by atomic mass is 35.5. The van der Waals surface area contributed by atoms with E-state index in [0.29, 0.717) is 54.0 Å². The summed E-state index contributed by atoms with van der Waals surface area (Å²) in [4.78, 5) is 54.3. The van der Waals surface area contributed by atoms with E-state index in [-0.39, 0.29) is 22.7 Å². The predicted octanol–water partition coefficient (Wildman–Crippen LogP) is 10.4. The summed E-state index contributed by atoms with van der Waals surface area (Å²) in [6.45, 7) is 18.1. The molecule has 9 rings (SSSR count). The highest BCUT2D eigenvalue weighted by Gasteiger charge is 2.26. The number of carbonyl (C=O) groups is 3. The number of rotatable bonds is 7. The van der Waals surface area contributed by atoms with Crippen LogP contribution in [0, 0.1) is 23.7 Å². The van der Waals surface area contributed by atoms with Gasteiger partial charge in [-0.05, 0) is 105 Å². The Kier molecular flexibility index (Phi) is 16.6. The van der Waals surface area contributed by atoms with E-state index in [1.54, 1.807) is 0 Å². The van der Waals surface area contributed by atoms with Gasteiger partial charge in [-0.2, -0.15) is 0 Å². The van der Waals surface area contributed by atoms with Crippen LogP contribution in [0.2, 0.25) is 10.2 Å². The molecule has 12 nitrogen and oxygen atoms in total. The van der Waals surface area contributed by atoms with Crippen LogP contribution in [0.3, 0.4) is 0 Å². The van der Waals surface area contributed by atoms with Gasteiger partial charge in [0.1, 0.15) is 16.4 Å². The zero-order chi connectivity index (χ0) is 45.0. The Hall–Kier alpha value is -5.43. The molecular formula is C49H57Cl2N7O5. The monoisotopic (exact) mass is 893 g/mol. The number of fused-ring (bicyclic) bond motifs is 6. The first-order valence-corrected chi connectivity index (χ1v) is 22.5. The summed E-state index contributed by atoms with van der Waals surface area (Å²) in [5, 5.41) is 4.81. The van der Waals surface area contributed by atoms with Crippen LogP contribution in [-0.2, 0) is 20.7 Å². The number of imidazole rings is 1. The van der Waals surface area contributed by atoms with Crippen LogP contribution in [0.15, 0.2) is 84.1 Å². The molecule has 4 atom stereocenters. The van der Waals surface area contributed by atoms with Gasteiger partial charge in [0.15, 0.2) is 11.9 Å². The van der Waals surface area contributed by atoms with Crippen LogP contribution in [0.4, 0.5) is 11.4 Å². The second kappa shape index (κ2) is 22.3. The van der Waals surface area contributed by atoms with Crippen molar-refractivity contribution in [2.45, 2.75) is 67.2 Å². The Labute approximate surface area is 379 Å². The Bertz CT molecular complexity index is 2540. The summed E-state index contributed by atoms with van der Waals surface area (Å²) in [7, 11) is 0. The third-order valence-electron chi connectivity index (χ3n) is 11.1. The Morgan fingerprint density at radius 2 is 1.49 bits per heavy atom. The lowest BCUT2D eigenvalue weighted by atomic mass is 9.91. The van der Waals surface area contributed by atoms with Crippen molar-refractivity contribution in [3.8, 4) is 0 Å². The number of aromatic nitrogens is 4. The summed E-state index contributed by atoms with van der Waals surface area (Å²) >= 11 is 11.1. The van der Waals surface area contributed by atoms with Gasteiger partial charge >= 0.3 is 11.9 Å². The van der Waals surface area contributed by atoms with Crippen molar-refractivity contribution in [2.24, 2.45) is 28.7 Å². The molecule has 63 heavy (non-hydrogen) atoms. The van der Waals surface area contributed by atoms with Gasteiger partial charge in [0, 0.05) is 48.7 Å². The first kappa shape index (κ1) is 47.1. The summed E-state index contributed by atoms with van der Waals surface area (Å²) < 4.78 is 12.3. The second-order valence-corrected chi connectivity index (χ2v) is 17.4. The number of piperidine rings is 2. The third-order valence-corrected chi connectivity index (χ3v) is 11.7. The zero-order valence-electron chi connectivity index (χ0n) is 36.9. The van der Waals surface area contributed by atoms with E-state index in [9.17, 15) is 14.4 Å². The van der Waals surface area contributed by atoms with Gasteiger partial charge in [0.05, 0.1) is 46.9 Å². The van der Waals surface area contributed by atoms with Crippen molar-refractivity contribution in [2.75, 3.05) is 44.3 Å². The second-order valence-electron chi connectivity index (χ2n) is 16.6. The van der Waals surface area contributed by atoms with Gasteiger partial charge in [-0.3, -0.25) is 19.0 Å². The molecular weight excluding hydrogens is 837 g/mol. The molecule has 3 aliphatic rings. The standard InChI is InChI=1S/C24H26N4O2.C12H13NO2.C7H15N.C6H3Cl2NO/c1-4-30-24(29)18-12-17-20(27-13-15(2)11-16(3)14-27)9-10-25-22(17)28-21-8-6-5-7-19(21)26-23(18)28;1-2-15-12(14)8-10-7-9-5-3-4-6-11(9)13-10;1-6-3-7(2)5-8-4-6;7-5-1-2-9-6(8)4(5)3-10/h5-10,12,15-16H,4,11,13-14H2,1-3H3;3-6H,2,7-8H2,1H3;6-8H,3-5H2,1-2H3;1-3H/t15-,16+;;6-,7+;. The summed E-state index contributed by atoms with van der Waals surface area (Å²) in [5.74, 6) is 2.51. The first-order valence-electron chi connectivity index (χ1n) is 21.8. The number of nitrogens with one attached hydrogen (secondary N) is 1. The van der Waals surface area contributed by atoms with Crippen molar-refractivity contribution >= 4 is 86.2 Å². The van der Waals surface area contributed by atoms with Gasteiger partial charge in [-0.25, -0.2) is 19.7 Å². The van der Waals surface area contributed by atoms with E-state index in [2.05, 4.69) is 54.0 Å². The lowest BCUT2D eigenvalue weighted by Gasteiger charge is -2.37. The molecule has 2 fully saturated rings. The molecule has 0 unspecified atom stereocenters. The lowest BCUT2D eigenvalue weighted by Crippen LogP contribution is -2.38. The van der Waals surface area contributed by atoms with E-state index in [0.717, 1.165) is 70.5 Å². The molecule has 0 saturated carbocycles. The SMILES string of the molecule is CCOC(=O)CC1=Nc2ccccc2C1.CCOC(=O)c1cc2c(N3C[C@H](C)C[C@H](C)C3)ccnc2n2c1nc1ccccc12.C[C@@H]1CNC[C@H](C)C1.O=Cc1c(Cl)ccnc1Cl. The van der Waals surface area contributed by atoms with Crippen LogP contribution in [-0.4, -0.2) is 82.7 Å². The number of nitrogens with zero attached hydrogens (tertiary/aromatic N) is 6. The van der Waals surface area contributed by atoms with Crippen molar-refractivity contribution in [3.05, 3.63) is 106 Å². The number of para-hydroxylation sites is 3. The van der Waals surface area contributed by atoms with Crippen LogP contribution in [0.25, 0.3) is 27.7 Å². The maximum Gasteiger partial charge on any atom is 0.341 e. The van der Waals surface area contributed by atoms with Crippen LogP contribution in [0.1, 0.15) is 87.1 Å². The molecule has 0 spiro atoms. The topological polar surface area (TPSA) is 140 Å². The van der Waals surface area contributed by atoms with Crippen LogP contribution < -0.4 is 10.2 Å². The first-order chi connectivity index (χ1) is 30.4. The van der Waals surface area contributed by atoms with Gasteiger partial charge in [-0.1, -0.05) is 81.2 Å². The molecule has 0 bridgehead atoms. The van der Waals surface area contributed by atoms with E-state index >= 15 is 0 Å². The molecule has 3 aliphatic heterocycles. The molecule has 7 heterocycles. The fourth-order valence-electron chi connectivity index (χ4n) is 8.53. The number of hydrogen-bond donors (Lipinski definition) is 1. The lowest BCUT2D eigenvalue weighted by molar-refractivity contribution is -0.141. The normalized spacial score (nSPS) is 19.0. The number of hydrogen-bond acceptors (Lipinski definition) is 11. The van der Waals surface area contributed by atoms with E-state index in [1.165, 1.54) is 43.8 Å². The van der Waals surface area contributed by atoms with Gasteiger partial charge < -0.3 is 19.7 Å². The van der Waals surface area contributed by atoms with Crippen molar-refractivity contribution < 1.29 is 23.9 Å². The number of halogens is 2. The van der Waals surface area contributed by atoms with Gasteiger partial charge in [-0.15, -0.1) is 0 Å². The van der Waals surface area contributed by atoms with Crippen molar-refractivity contribution in [3.63, 3.8) is 0 Å². The highest BCUT2D eigenvalue weighted by molar-refractivity contribution is 6.37. The van der Waals surface area contributed by atoms with Crippen molar-refractivity contribution in [1.82, 2.24) is 24.7 Å². The fourth-order valence-corrected chi connectivity index (χ4v) is 8.98. The average molecular weight is 895 g/mol. The molecule has 0 radical (unpaired) electrons. The van der Waals surface area contributed by atoms with E-state index in [4.69, 9.17) is 42.6 Å². The molecule has 332 valence electrons. The zero-order valence-corrected chi connectivity index (χ0v) is 38.5. The summed E-state index contributed by atoms with van der Waals surface area (Å²) in [6, 6.07) is 21.4. The van der Waals surface area contributed by atoms with Crippen molar-refractivity contribution in [1.29, 1.82) is 0 Å². The number of anilines is 1. The van der Waals surface area contributed by atoms with E-state index in [1.807, 2.05) is 79.0 Å². The summed E-state index contributed by atoms with van der Waals surface area (Å²) in [6.07, 6.45) is 7.61. The smallest absolute Gasteiger partial charge is 0.341 e. The number of benzene rings is 2. The number of aliphatic imine (C=N–C) groups is 1. The molecule has 2 saturated heterocycles. The highest BCUT2D eigenvalue weighted by Crippen LogP contribution is 2.34. The Balaban J connectivity index is 0.000000165. The Morgan fingerprint density at radius 3 is 2.13 bits per heavy atom. The molecule has 0 aliphatic carbocycles. The molecule has 6 aromatic rings. The van der Waals surface area contributed by atoms with Gasteiger partial charge in [0.2, 0.25) is 0 Å². The maximum atomic E-state index is 12.9. The number of ether oxygens (including phenoxy) is 2. The molecule has 2 aromatic carbocycles. The number of carbonyl (C=O) groups excluding carboxylic acids is 3. The number of esters is 2. The van der Waals surface area contributed by atoms with Crippen LogP contribution >= 0.6 is 23.2 Å². The minimum atomic E-state index is -0.352. The fraction of sp³-hybridized carbons (Fsp3) is 0.408. The minimum absolute atomic E-state index is 0.141. The van der Waals surface area contributed by atoms with Crippen LogP contribution in [0.5, 0.6) is 0 Å². The quantitative estimate of drug-likeness (QED) is 0.0935. The molecule has 0 amide bonds. The minimum Gasteiger partial charge on any atom is -0.466 e. The summed E-state index contributed by atoms with van der Waals surface area (Å²) in [5.41, 5.74) is 8.09. The predicted molar refractivity (Wildman–Crippen MR) is 253 cm³/mol. The molecule has 4 aromatic heterocycles. The van der Waals surface area contributed by atoms with E-state index < -0.39 is 0 Å². The largest absolute Gasteiger partial charge is 0.466 e.